The van der Waals surface area contributed by atoms with Crippen LogP contribution in [-0.2, 0) is 4.74 Å². The summed E-state index contributed by atoms with van der Waals surface area (Å²) in [6.45, 7) is 2.62. The SMILES string of the molecule is CC1OCCC1NC(=O)c1cc(Br)cnc1Cl. The van der Waals surface area contributed by atoms with Crippen LogP contribution in [0.3, 0.4) is 0 Å². The number of hydrogen-bond acceptors (Lipinski definition) is 3. The van der Waals surface area contributed by atoms with Gasteiger partial charge < -0.3 is 10.1 Å². The molecule has 1 amide bonds. The number of aromatic nitrogens is 1. The van der Waals surface area contributed by atoms with E-state index in [-0.39, 0.29) is 23.2 Å². The molecule has 1 aliphatic heterocycles. The average molecular weight is 320 g/mol. The minimum absolute atomic E-state index is 0.0394. The molecule has 0 aliphatic carbocycles. The lowest BCUT2D eigenvalue weighted by atomic mass is 10.1. The molecule has 92 valence electrons. The van der Waals surface area contributed by atoms with E-state index in [4.69, 9.17) is 16.3 Å². The number of hydrogen-bond donors (Lipinski definition) is 1. The summed E-state index contributed by atoms with van der Waals surface area (Å²) in [5.74, 6) is -0.217. The van der Waals surface area contributed by atoms with Gasteiger partial charge in [-0.1, -0.05) is 11.6 Å². The topological polar surface area (TPSA) is 51.2 Å². The molecule has 6 heteroatoms. The maximum absolute atomic E-state index is 12.0. The summed E-state index contributed by atoms with van der Waals surface area (Å²) in [6, 6.07) is 1.70. The molecule has 0 aromatic carbocycles. The third-order valence-electron chi connectivity index (χ3n) is 2.74. The number of nitrogens with one attached hydrogen (secondary N) is 1. The number of nitrogens with zero attached hydrogens (tertiary/aromatic N) is 1. The van der Waals surface area contributed by atoms with Crippen LogP contribution in [0.15, 0.2) is 16.7 Å². The molecule has 1 aliphatic rings. The maximum Gasteiger partial charge on any atom is 0.254 e. The van der Waals surface area contributed by atoms with Crippen molar-refractivity contribution in [3.05, 3.63) is 27.5 Å². The van der Waals surface area contributed by atoms with Crippen molar-refractivity contribution in [2.75, 3.05) is 6.61 Å². The highest BCUT2D eigenvalue weighted by atomic mass is 79.9. The molecule has 1 saturated heterocycles. The minimum atomic E-state index is -0.217. The Hall–Kier alpha value is -0.650. The van der Waals surface area contributed by atoms with Crippen LogP contribution in [0, 0.1) is 0 Å². The molecule has 1 fully saturated rings. The molecule has 0 saturated carbocycles. The quantitative estimate of drug-likeness (QED) is 0.852. The molecular weight excluding hydrogens is 307 g/mol. The predicted molar refractivity (Wildman–Crippen MR) is 68.2 cm³/mol. The molecule has 1 N–H and O–H groups in total. The maximum atomic E-state index is 12.0. The number of carbonyl (C=O) groups excluding carboxylic acids is 1. The molecular formula is C11H12BrClN2O2. The molecule has 4 nitrogen and oxygen atoms in total. The van der Waals surface area contributed by atoms with Gasteiger partial charge in [0.2, 0.25) is 0 Å². The fourth-order valence-corrected chi connectivity index (χ4v) is 2.27. The second-order valence-corrected chi connectivity index (χ2v) is 5.21. The van der Waals surface area contributed by atoms with Gasteiger partial charge in [-0.3, -0.25) is 4.79 Å². The minimum Gasteiger partial charge on any atom is -0.376 e. The van der Waals surface area contributed by atoms with Gasteiger partial charge in [0.25, 0.3) is 5.91 Å². The zero-order chi connectivity index (χ0) is 12.4. The van der Waals surface area contributed by atoms with Crippen LogP contribution in [0.5, 0.6) is 0 Å². The third kappa shape index (κ3) is 2.97. The predicted octanol–water partition coefficient (Wildman–Crippen LogP) is 2.40. The molecule has 2 rings (SSSR count). The Balaban J connectivity index is 2.11. The van der Waals surface area contributed by atoms with Crippen molar-refractivity contribution in [1.29, 1.82) is 0 Å². The van der Waals surface area contributed by atoms with E-state index in [9.17, 15) is 4.79 Å². The zero-order valence-electron chi connectivity index (χ0n) is 9.24. The highest BCUT2D eigenvalue weighted by Crippen LogP contribution is 2.19. The van der Waals surface area contributed by atoms with Gasteiger partial charge in [0, 0.05) is 17.3 Å². The fraction of sp³-hybridized carbons (Fsp3) is 0.455. The molecule has 2 unspecified atom stereocenters. The first-order valence-corrected chi connectivity index (χ1v) is 6.48. The Morgan fingerprint density at radius 2 is 2.47 bits per heavy atom. The summed E-state index contributed by atoms with van der Waals surface area (Å²) < 4.78 is 6.11. The van der Waals surface area contributed by atoms with Gasteiger partial charge in [0.05, 0.1) is 17.7 Å². The van der Waals surface area contributed by atoms with Crippen LogP contribution < -0.4 is 5.32 Å². The number of pyridine rings is 1. The van der Waals surface area contributed by atoms with Gasteiger partial charge >= 0.3 is 0 Å². The van der Waals surface area contributed by atoms with E-state index in [1.165, 1.54) is 0 Å². The molecule has 1 aromatic rings. The van der Waals surface area contributed by atoms with Crippen LogP contribution in [0.1, 0.15) is 23.7 Å². The second-order valence-electron chi connectivity index (χ2n) is 3.94. The number of carbonyl (C=O) groups is 1. The van der Waals surface area contributed by atoms with E-state index in [2.05, 4.69) is 26.2 Å². The Morgan fingerprint density at radius 3 is 3.12 bits per heavy atom. The summed E-state index contributed by atoms with van der Waals surface area (Å²) in [4.78, 5) is 15.9. The van der Waals surface area contributed by atoms with Crippen molar-refractivity contribution in [3.63, 3.8) is 0 Å². The van der Waals surface area contributed by atoms with Crippen LogP contribution in [0.25, 0.3) is 0 Å². The van der Waals surface area contributed by atoms with E-state index in [0.29, 0.717) is 12.2 Å². The first-order chi connectivity index (χ1) is 8.08. The average Bonchev–Trinajstić information content (AvgIpc) is 2.68. The summed E-state index contributed by atoms with van der Waals surface area (Å²) >= 11 is 9.15. The fourth-order valence-electron chi connectivity index (χ4n) is 1.75. The van der Waals surface area contributed by atoms with Crippen molar-refractivity contribution in [2.45, 2.75) is 25.5 Å². The number of ether oxygens (including phenoxy) is 1. The van der Waals surface area contributed by atoms with Crippen LogP contribution in [-0.4, -0.2) is 29.6 Å². The van der Waals surface area contributed by atoms with Crippen molar-refractivity contribution in [3.8, 4) is 0 Å². The zero-order valence-corrected chi connectivity index (χ0v) is 11.6. The summed E-state index contributed by atoms with van der Waals surface area (Å²) in [7, 11) is 0. The Kier molecular flexibility index (Phi) is 4.01. The number of amides is 1. The van der Waals surface area contributed by atoms with Gasteiger partial charge in [0.1, 0.15) is 5.15 Å². The Labute approximate surface area is 113 Å². The van der Waals surface area contributed by atoms with E-state index in [0.717, 1.165) is 10.9 Å². The molecule has 2 heterocycles. The smallest absolute Gasteiger partial charge is 0.254 e. The normalized spacial score (nSPS) is 23.7. The molecule has 0 spiro atoms. The van der Waals surface area contributed by atoms with Gasteiger partial charge in [-0.15, -0.1) is 0 Å². The van der Waals surface area contributed by atoms with Crippen LogP contribution >= 0.6 is 27.5 Å². The van der Waals surface area contributed by atoms with Gasteiger partial charge in [-0.2, -0.15) is 0 Å². The highest BCUT2D eigenvalue weighted by molar-refractivity contribution is 9.10. The first-order valence-electron chi connectivity index (χ1n) is 5.31. The van der Waals surface area contributed by atoms with E-state index >= 15 is 0 Å². The van der Waals surface area contributed by atoms with E-state index < -0.39 is 0 Å². The van der Waals surface area contributed by atoms with Crippen molar-refractivity contribution in [2.24, 2.45) is 0 Å². The highest BCUT2D eigenvalue weighted by Gasteiger charge is 2.26. The van der Waals surface area contributed by atoms with Crippen molar-refractivity contribution in [1.82, 2.24) is 10.3 Å². The summed E-state index contributed by atoms with van der Waals surface area (Å²) in [6.07, 6.45) is 2.42. The van der Waals surface area contributed by atoms with Crippen molar-refractivity contribution < 1.29 is 9.53 Å². The second kappa shape index (κ2) is 5.33. The Morgan fingerprint density at radius 1 is 1.71 bits per heavy atom. The summed E-state index contributed by atoms with van der Waals surface area (Å²) in [5, 5.41) is 3.11. The Bertz CT molecular complexity index is 441. The van der Waals surface area contributed by atoms with Crippen LogP contribution in [0.2, 0.25) is 5.15 Å². The number of halogens is 2. The molecule has 2 atom stereocenters. The lowest BCUT2D eigenvalue weighted by Gasteiger charge is -2.16. The van der Waals surface area contributed by atoms with Gasteiger partial charge in [-0.25, -0.2) is 4.98 Å². The van der Waals surface area contributed by atoms with Gasteiger partial charge in [-0.05, 0) is 35.3 Å². The lowest BCUT2D eigenvalue weighted by molar-refractivity contribution is 0.0866. The van der Waals surface area contributed by atoms with Crippen molar-refractivity contribution >= 4 is 33.4 Å². The van der Waals surface area contributed by atoms with Crippen LogP contribution in [0.4, 0.5) is 0 Å². The molecule has 17 heavy (non-hydrogen) atoms. The largest absolute Gasteiger partial charge is 0.376 e. The molecule has 0 radical (unpaired) electrons. The van der Waals surface area contributed by atoms with E-state index in [1.807, 2.05) is 6.92 Å². The summed E-state index contributed by atoms with van der Waals surface area (Å²) in [5.41, 5.74) is 0.375. The number of rotatable bonds is 2. The molecule has 1 aromatic heterocycles. The van der Waals surface area contributed by atoms with Gasteiger partial charge in [0.15, 0.2) is 0 Å². The lowest BCUT2D eigenvalue weighted by Crippen LogP contribution is -2.39. The molecule has 0 bridgehead atoms. The standard InChI is InChI=1S/C11H12BrClN2O2/c1-6-9(2-3-17-6)15-11(16)8-4-7(12)5-14-10(8)13/h4-6,9H,2-3H2,1H3,(H,15,16). The first kappa shape index (κ1) is 12.8. The van der Waals surface area contributed by atoms with E-state index in [1.54, 1.807) is 12.3 Å². The third-order valence-corrected chi connectivity index (χ3v) is 3.48. The monoisotopic (exact) mass is 318 g/mol.